The summed E-state index contributed by atoms with van der Waals surface area (Å²) in [6.07, 6.45) is 3.10. The van der Waals surface area contributed by atoms with Crippen LogP contribution in [0.25, 0.3) is 0 Å². The van der Waals surface area contributed by atoms with E-state index < -0.39 is 15.7 Å². The molecule has 6 nitrogen and oxygen atoms in total. The Morgan fingerprint density at radius 1 is 1.12 bits per heavy atom. The van der Waals surface area contributed by atoms with E-state index in [0.717, 1.165) is 18.4 Å². The molecule has 2 bridgehead atoms. The maximum absolute atomic E-state index is 12.4. The minimum absolute atomic E-state index is 0.0207. The SMILES string of the molecule is CC(=O)OCC12CCC(COS(=O)(=O)c3ccc(C)cc3)(CC1)OC2. The summed E-state index contributed by atoms with van der Waals surface area (Å²) in [5.41, 5.74) is 0.295. The summed E-state index contributed by atoms with van der Waals surface area (Å²) in [5.74, 6) is -0.288. The first-order chi connectivity index (χ1) is 11.7. The van der Waals surface area contributed by atoms with Gasteiger partial charge in [-0.25, -0.2) is 0 Å². The highest BCUT2D eigenvalue weighted by Gasteiger charge is 2.51. The largest absolute Gasteiger partial charge is 0.465 e. The number of carbonyl (C=O) groups excluding carboxylic acids is 1. The summed E-state index contributed by atoms with van der Waals surface area (Å²) in [6.45, 7) is 4.15. The van der Waals surface area contributed by atoms with Gasteiger partial charge in [-0.2, -0.15) is 8.42 Å². The van der Waals surface area contributed by atoms with Gasteiger partial charge in [0.2, 0.25) is 0 Å². The molecule has 2 saturated heterocycles. The van der Waals surface area contributed by atoms with Crippen LogP contribution in [0.2, 0.25) is 0 Å². The second-order valence-electron chi connectivity index (χ2n) is 7.28. The molecular formula is C18H24O6S. The van der Waals surface area contributed by atoms with E-state index in [-0.39, 0.29) is 22.9 Å². The molecule has 2 heterocycles. The Hall–Kier alpha value is -1.44. The fourth-order valence-electron chi connectivity index (χ4n) is 3.42. The van der Waals surface area contributed by atoms with Crippen molar-refractivity contribution in [1.29, 1.82) is 0 Å². The maximum atomic E-state index is 12.4. The van der Waals surface area contributed by atoms with E-state index >= 15 is 0 Å². The molecule has 0 N–H and O–H groups in total. The lowest BCUT2D eigenvalue weighted by Gasteiger charge is -2.52. The average Bonchev–Trinajstić information content (AvgIpc) is 2.61. The van der Waals surface area contributed by atoms with Crippen molar-refractivity contribution in [3.8, 4) is 0 Å². The van der Waals surface area contributed by atoms with Gasteiger partial charge in [-0.3, -0.25) is 8.98 Å². The van der Waals surface area contributed by atoms with Gasteiger partial charge in [-0.15, -0.1) is 0 Å². The van der Waals surface area contributed by atoms with E-state index in [0.29, 0.717) is 26.1 Å². The molecule has 25 heavy (non-hydrogen) atoms. The summed E-state index contributed by atoms with van der Waals surface area (Å²) in [5, 5.41) is 0. The molecular weight excluding hydrogens is 344 g/mol. The third-order valence-electron chi connectivity index (χ3n) is 5.27. The molecule has 2 aliphatic heterocycles. The second kappa shape index (κ2) is 6.70. The van der Waals surface area contributed by atoms with Crippen molar-refractivity contribution in [1.82, 2.24) is 0 Å². The van der Waals surface area contributed by atoms with Gasteiger partial charge in [-0.05, 0) is 44.7 Å². The molecule has 138 valence electrons. The molecule has 1 aromatic rings. The van der Waals surface area contributed by atoms with Gasteiger partial charge in [-0.1, -0.05) is 17.7 Å². The Morgan fingerprint density at radius 3 is 2.28 bits per heavy atom. The smallest absolute Gasteiger partial charge is 0.302 e. The minimum Gasteiger partial charge on any atom is -0.465 e. The Balaban J connectivity index is 1.60. The van der Waals surface area contributed by atoms with Crippen LogP contribution >= 0.6 is 0 Å². The number of benzene rings is 1. The Kier molecular flexibility index (Phi) is 4.92. The van der Waals surface area contributed by atoms with Crippen molar-refractivity contribution in [2.24, 2.45) is 5.41 Å². The second-order valence-corrected chi connectivity index (χ2v) is 8.90. The van der Waals surface area contributed by atoms with Crippen LogP contribution in [-0.2, 0) is 28.6 Å². The average molecular weight is 368 g/mol. The molecule has 4 rings (SSSR count). The summed E-state index contributed by atoms with van der Waals surface area (Å²) >= 11 is 0. The van der Waals surface area contributed by atoms with Gasteiger partial charge in [0.1, 0.15) is 0 Å². The van der Waals surface area contributed by atoms with Crippen LogP contribution in [0.5, 0.6) is 0 Å². The van der Waals surface area contributed by atoms with E-state index in [1.807, 2.05) is 6.92 Å². The van der Waals surface area contributed by atoms with Crippen LogP contribution < -0.4 is 0 Å². The number of aryl methyl sites for hydroxylation is 1. The van der Waals surface area contributed by atoms with Crippen LogP contribution in [0.1, 0.15) is 38.2 Å². The fraction of sp³-hybridized carbons (Fsp3) is 0.611. The molecule has 0 spiro atoms. The van der Waals surface area contributed by atoms with E-state index in [1.54, 1.807) is 24.3 Å². The minimum atomic E-state index is -3.79. The first kappa shape index (κ1) is 18.4. The van der Waals surface area contributed by atoms with E-state index in [4.69, 9.17) is 13.7 Å². The molecule has 0 radical (unpaired) electrons. The Bertz CT molecular complexity index is 713. The number of esters is 1. The predicted octanol–water partition coefficient (Wildman–Crippen LogP) is 2.59. The first-order valence-corrected chi connectivity index (χ1v) is 9.89. The normalized spacial score (nSPS) is 28.7. The van der Waals surface area contributed by atoms with Crippen molar-refractivity contribution in [3.05, 3.63) is 29.8 Å². The van der Waals surface area contributed by atoms with E-state index in [2.05, 4.69) is 0 Å². The zero-order chi connectivity index (χ0) is 18.1. The van der Waals surface area contributed by atoms with Gasteiger partial charge < -0.3 is 9.47 Å². The first-order valence-electron chi connectivity index (χ1n) is 8.48. The van der Waals surface area contributed by atoms with Crippen molar-refractivity contribution < 1.29 is 26.9 Å². The third kappa shape index (κ3) is 4.04. The quantitative estimate of drug-likeness (QED) is 0.567. The molecule has 1 saturated carbocycles. The number of ether oxygens (including phenoxy) is 2. The molecule has 0 amide bonds. The maximum Gasteiger partial charge on any atom is 0.302 e. The third-order valence-corrected chi connectivity index (χ3v) is 6.55. The van der Waals surface area contributed by atoms with Crippen LogP contribution in [0.4, 0.5) is 0 Å². The van der Waals surface area contributed by atoms with Gasteiger partial charge in [0, 0.05) is 12.3 Å². The number of carbonyl (C=O) groups is 1. The fourth-order valence-corrected chi connectivity index (χ4v) is 4.39. The highest BCUT2D eigenvalue weighted by atomic mass is 32.2. The van der Waals surface area contributed by atoms with E-state index in [9.17, 15) is 13.2 Å². The standard InChI is InChI=1S/C18H24O6S/c1-14-3-5-16(6-4-14)25(20,21)24-13-18-9-7-17(8-10-18,12-23-18)11-22-15(2)19/h3-6H,7-13H2,1-2H3. The van der Waals surface area contributed by atoms with Gasteiger partial charge >= 0.3 is 5.97 Å². The predicted molar refractivity (Wildman–Crippen MR) is 90.5 cm³/mol. The Morgan fingerprint density at radius 2 is 1.76 bits per heavy atom. The Labute approximate surface area is 148 Å². The van der Waals surface area contributed by atoms with Crippen LogP contribution in [-0.4, -0.2) is 39.8 Å². The summed E-state index contributed by atoms with van der Waals surface area (Å²) in [6, 6.07) is 6.59. The van der Waals surface area contributed by atoms with Crippen molar-refractivity contribution in [3.63, 3.8) is 0 Å². The highest BCUT2D eigenvalue weighted by molar-refractivity contribution is 7.86. The molecule has 3 fully saturated rings. The number of rotatable bonds is 6. The van der Waals surface area contributed by atoms with E-state index in [1.165, 1.54) is 6.92 Å². The summed E-state index contributed by atoms with van der Waals surface area (Å²) in [4.78, 5) is 11.2. The molecule has 0 aromatic heterocycles. The molecule has 0 atom stereocenters. The lowest BCUT2D eigenvalue weighted by Crippen LogP contribution is -2.55. The zero-order valence-corrected chi connectivity index (χ0v) is 15.4. The van der Waals surface area contributed by atoms with Crippen LogP contribution in [0.3, 0.4) is 0 Å². The topological polar surface area (TPSA) is 78.9 Å². The molecule has 1 aliphatic carbocycles. The summed E-state index contributed by atoms with van der Waals surface area (Å²) < 4.78 is 41.2. The summed E-state index contributed by atoms with van der Waals surface area (Å²) in [7, 11) is -3.79. The van der Waals surface area contributed by atoms with Gasteiger partial charge in [0.25, 0.3) is 10.1 Å². The van der Waals surface area contributed by atoms with Crippen LogP contribution in [0, 0.1) is 12.3 Å². The van der Waals surface area contributed by atoms with Crippen molar-refractivity contribution >= 4 is 16.1 Å². The molecule has 7 heteroatoms. The van der Waals surface area contributed by atoms with Crippen molar-refractivity contribution in [2.75, 3.05) is 19.8 Å². The number of hydrogen-bond acceptors (Lipinski definition) is 6. The van der Waals surface area contributed by atoms with Crippen LogP contribution in [0.15, 0.2) is 29.2 Å². The highest BCUT2D eigenvalue weighted by Crippen LogP contribution is 2.49. The lowest BCUT2D eigenvalue weighted by atomic mass is 9.66. The molecule has 1 aromatic carbocycles. The molecule has 0 unspecified atom stereocenters. The monoisotopic (exact) mass is 368 g/mol. The van der Waals surface area contributed by atoms with Crippen molar-refractivity contribution in [2.45, 2.75) is 50.0 Å². The van der Waals surface area contributed by atoms with Gasteiger partial charge in [0.05, 0.1) is 30.3 Å². The molecule has 3 aliphatic rings. The zero-order valence-electron chi connectivity index (χ0n) is 14.6. The van der Waals surface area contributed by atoms with Gasteiger partial charge in [0.15, 0.2) is 0 Å². The lowest BCUT2D eigenvalue weighted by molar-refractivity contribution is -0.209. The number of hydrogen-bond donors (Lipinski definition) is 0. The number of fused-ring (bicyclic) bond motifs is 3.